The van der Waals surface area contributed by atoms with E-state index < -0.39 is 0 Å². The van der Waals surface area contributed by atoms with Gasteiger partial charge < -0.3 is 25.2 Å². The molecule has 5 rings (SSSR count). The van der Waals surface area contributed by atoms with E-state index in [0.29, 0.717) is 13.0 Å². The van der Waals surface area contributed by atoms with Gasteiger partial charge in [0.05, 0.1) is 23.9 Å². The van der Waals surface area contributed by atoms with Crippen molar-refractivity contribution >= 4 is 28.4 Å². The summed E-state index contributed by atoms with van der Waals surface area (Å²) in [6.45, 7) is 8.39. The molecular formula is C26H33N7O2. The molecule has 4 heterocycles. The number of fused-ring (bicyclic) bond motifs is 1. The molecule has 0 spiro atoms. The molecule has 1 unspecified atom stereocenters. The lowest BCUT2D eigenvalue weighted by Crippen LogP contribution is -2.48. The number of pyridine rings is 1. The second-order valence-electron chi connectivity index (χ2n) is 9.02. The number of hydrogen-bond acceptors (Lipinski definition) is 8. The zero-order valence-corrected chi connectivity index (χ0v) is 20.2. The van der Waals surface area contributed by atoms with Crippen molar-refractivity contribution in [3.05, 3.63) is 42.7 Å². The standard InChI is InChI=1S/C26H33N7O2/c1-2-3-24(34)33-13-11-32(12-14-33)20-6-4-19(5-7-20)22-16-23-25(29-9-8-28-23)26(31-22)30-18-21-17-27-10-15-35-21/h4-9,16,21,27H,2-3,10-15,17-18H2,1H3,(H,30,31). The highest BCUT2D eigenvalue weighted by Gasteiger charge is 2.21. The number of nitrogens with zero attached hydrogens (tertiary/aromatic N) is 5. The summed E-state index contributed by atoms with van der Waals surface area (Å²) >= 11 is 0. The molecule has 2 saturated heterocycles. The van der Waals surface area contributed by atoms with Gasteiger partial charge in [-0.3, -0.25) is 9.78 Å². The Labute approximate surface area is 205 Å². The summed E-state index contributed by atoms with van der Waals surface area (Å²) in [7, 11) is 0. The first-order chi connectivity index (χ1) is 17.2. The average molecular weight is 476 g/mol. The van der Waals surface area contributed by atoms with E-state index in [1.165, 1.54) is 0 Å². The first-order valence-electron chi connectivity index (χ1n) is 12.5. The van der Waals surface area contributed by atoms with E-state index >= 15 is 0 Å². The number of benzene rings is 1. The van der Waals surface area contributed by atoms with E-state index in [9.17, 15) is 4.79 Å². The molecule has 1 aromatic carbocycles. The molecule has 9 nitrogen and oxygen atoms in total. The number of rotatable bonds is 7. The fourth-order valence-electron chi connectivity index (χ4n) is 4.63. The molecule has 3 aromatic rings. The second kappa shape index (κ2) is 11.0. The van der Waals surface area contributed by atoms with Crippen LogP contribution in [-0.2, 0) is 9.53 Å². The van der Waals surface area contributed by atoms with Crippen molar-refractivity contribution in [1.29, 1.82) is 0 Å². The van der Waals surface area contributed by atoms with Gasteiger partial charge in [-0.2, -0.15) is 0 Å². The van der Waals surface area contributed by atoms with E-state index in [4.69, 9.17) is 9.72 Å². The molecule has 2 aliphatic rings. The Morgan fingerprint density at radius 2 is 1.94 bits per heavy atom. The van der Waals surface area contributed by atoms with Crippen molar-refractivity contribution in [2.45, 2.75) is 25.9 Å². The van der Waals surface area contributed by atoms with Crippen molar-refractivity contribution in [3.8, 4) is 11.3 Å². The molecule has 184 valence electrons. The lowest BCUT2D eigenvalue weighted by atomic mass is 10.1. The molecule has 0 radical (unpaired) electrons. The topological polar surface area (TPSA) is 95.5 Å². The van der Waals surface area contributed by atoms with Crippen LogP contribution in [0.5, 0.6) is 0 Å². The zero-order valence-electron chi connectivity index (χ0n) is 20.2. The molecule has 0 aliphatic carbocycles. The van der Waals surface area contributed by atoms with Gasteiger partial charge in [0, 0.05) is 75.9 Å². The Balaban J connectivity index is 1.30. The van der Waals surface area contributed by atoms with E-state index in [1.54, 1.807) is 12.4 Å². The van der Waals surface area contributed by atoms with Gasteiger partial charge in [-0.15, -0.1) is 0 Å². The maximum Gasteiger partial charge on any atom is 0.222 e. The first kappa shape index (κ1) is 23.4. The second-order valence-corrected chi connectivity index (χ2v) is 9.02. The minimum atomic E-state index is 0.0953. The Morgan fingerprint density at radius 1 is 1.14 bits per heavy atom. The number of amides is 1. The van der Waals surface area contributed by atoms with Gasteiger partial charge in [0.15, 0.2) is 5.82 Å². The molecule has 0 bridgehead atoms. The maximum absolute atomic E-state index is 12.2. The van der Waals surface area contributed by atoms with Crippen LogP contribution >= 0.6 is 0 Å². The van der Waals surface area contributed by atoms with Crippen molar-refractivity contribution < 1.29 is 9.53 Å². The third-order valence-electron chi connectivity index (χ3n) is 6.58. The summed E-state index contributed by atoms with van der Waals surface area (Å²) in [4.78, 5) is 30.4. The zero-order chi connectivity index (χ0) is 24.0. The molecule has 2 aliphatic heterocycles. The quantitative estimate of drug-likeness (QED) is 0.538. The van der Waals surface area contributed by atoms with Crippen molar-refractivity contribution in [2.24, 2.45) is 0 Å². The number of aromatic nitrogens is 3. The number of nitrogens with one attached hydrogen (secondary N) is 2. The molecule has 2 fully saturated rings. The number of ether oxygens (including phenoxy) is 1. The number of carbonyl (C=O) groups is 1. The highest BCUT2D eigenvalue weighted by molar-refractivity contribution is 5.88. The van der Waals surface area contributed by atoms with Crippen LogP contribution in [0.25, 0.3) is 22.3 Å². The SMILES string of the molecule is CCCC(=O)N1CCN(c2ccc(-c3cc4nccnc4c(NCC4CNCCO4)n3)cc2)CC1. The number of anilines is 2. The number of hydrogen-bond donors (Lipinski definition) is 2. The third-order valence-corrected chi connectivity index (χ3v) is 6.58. The van der Waals surface area contributed by atoms with E-state index in [1.807, 2.05) is 17.9 Å². The summed E-state index contributed by atoms with van der Waals surface area (Å²) in [5, 5.41) is 6.79. The highest BCUT2D eigenvalue weighted by atomic mass is 16.5. The Kier molecular flexibility index (Phi) is 7.34. The molecule has 0 saturated carbocycles. The van der Waals surface area contributed by atoms with Crippen LogP contribution in [0.3, 0.4) is 0 Å². The minimum absolute atomic E-state index is 0.0953. The van der Waals surface area contributed by atoms with Crippen LogP contribution in [0, 0.1) is 0 Å². The molecule has 2 N–H and O–H groups in total. The minimum Gasteiger partial charge on any atom is -0.374 e. The van der Waals surface area contributed by atoms with Crippen LogP contribution in [0.4, 0.5) is 11.5 Å². The Morgan fingerprint density at radius 3 is 2.69 bits per heavy atom. The van der Waals surface area contributed by atoms with Crippen molar-refractivity contribution in [3.63, 3.8) is 0 Å². The van der Waals surface area contributed by atoms with Crippen LogP contribution in [0.15, 0.2) is 42.7 Å². The summed E-state index contributed by atoms with van der Waals surface area (Å²) in [5.41, 5.74) is 4.60. The monoisotopic (exact) mass is 475 g/mol. The fraction of sp³-hybridized carbons (Fsp3) is 0.462. The van der Waals surface area contributed by atoms with Gasteiger partial charge in [0.1, 0.15) is 5.52 Å². The molecule has 1 atom stereocenters. The van der Waals surface area contributed by atoms with Gasteiger partial charge >= 0.3 is 0 Å². The Hall–Kier alpha value is -3.30. The van der Waals surface area contributed by atoms with Crippen LogP contribution in [0.2, 0.25) is 0 Å². The van der Waals surface area contributed by atoms with E-state index in [0.717, 1.165) is 86.1 Å². The first-order valence-corrected chi connectivity index (χ1v) is 12.5. The van der Waals surface area contributed by atoms with Gasteiger partial charge in [-0.1, -0.05) is 19.1 Å². The molecule has 9 heteroatoms. The smallest absolute Gasteiger partial charge is 0.222 e. The molecular weight excluding hydrogens is 442 g/mol. The van der Waals surface area contributed by atoms with Crippen LogP contribution in [-0.4, -0.2) is 84.3 Å². The summed E-state index contributed by atoms with van der Waals surface area (Å²) in [5.74, 6) is 0.986. The maximum atomic E-state index is 12.2. The van der Waals surface area contributed by atoms with Crippen LogP contribution in [0.1, 0.15) is 19.8 Å². The summed E-state index contributed by atoms with van der Waals surface area (Å²) < 4.78 is 5.81. The average Bonchev–Trinajstić information content (AvgIpc) is 2.92. The molecule has 1 amide bonds. The van der Waals surface area contributed by atoms with Gasteiger partial charge in [0.2, 0.25) is 5.91 Å². The Bertz CT molecular complexity index is 1140. The molecule has 35 heavy (non-hydrogen) atoms. The largest absolute Gasteiger partial charge is 0.374 e. The highest BCUT2D eigenvalue weighted by Crippen LogP contribution is 2.27. The lowest BCUT2D eigenvalue weighted by Gasteiger charge is -2.36. The number of piperazine rings is 1. The summed E-state index contributed by atoms with van der Waals surface area (Å²) in [6.07, 6.45) is 5.03. The van der Waals surface area contributed by atoms with Gasteiger partial charge in [-0.05, 0) is 24.6 Å². The predicted octanol–water partition coefficient (Wildman–Crippen LogP) is 2.54. The molecule has 2 aromatic heterocycles. The predicted molar refractivity (Wildman–Crippen MR) is 138 cm³/mol. The van der Waals surface area contributed by atoms with Crippen molar-refractivity contribution in [2.75, 3.05) is 62.6 Å². The normalized spacial score (nSPS) is 18.6. The van der Waals surface area contributed by atoms with Crippen LogP contribution < -0.4 is 15.5 Å². The van der Waals surface area contributed by atoms with Gasteiger partial charge in [-0.25, -0.2) is 9.97 Å². The fourth-order valence-corrected chi connectivity index (χ4v) is 4.63. The number of morpholine rings is 1. The van der Waals surface area contributed by atoms with Crippen molar-refractivity contribution in [1.82, 2.24) is 25.2 Å². The summed E-state index contributed by atoms with van der Waals surface area (Å²) in [6, 6.07) is 10.5. The number of carbonyl (C=O) groups excluding carboxylic acids is 1. The van der Waals surface area contributed by atoms with Gasteiger partial charge in [0.25, 0.3) is 0 Å². The van der Waals surface area contributed by atoms with E-state index in [2.05, 4.69) is 49.8 Å². The third kappa shape index (κ3) is 5.52. The lowest BCUT2D eigenvalue weighted by molar-refractivity contribution is -0.131. The van der Waals surface area contributed by atoms with E-state index in [-0.39, 0.29) is 12.0 Å².